The number of hydrogen-bond acceptors (Lipinski definition) is 4. The van der Waals surface area contributed by atoms with Crippen molar-refractivity contribution in [3.05, 3.63) is 62.4 Å². The van der Waals surface area contributed by atoms with Gasteiger partial charge in [0.25, 0.3) is 0 Å². The standard InChI is InChI=1S/C13H10Br2N2O3/c14-5-9-1-2-12(17(18)19)13(4-9)20-8-10-3-11(15)7-16-6-10/h1-4,6-7H,5,8H2. The third-order valence-electron chi connectivity index (χ3n) is 2.53. The van der Waals surface area contributed by atoms with E-state index in [1.165, 1.54) is 6.07 Å². The van der Waals surface area contributed by atoms with Gasteiger partial charge in [-0.1, -0.05) is 22.0 Å². The van der Waals surface area contributed by atoms with Crippen LogP contribution >= 0.6 is 31.9 Å². The summed E-state index contributed by atoms with van der Waals surface area (Å²) in [4.78, 5) is 14.5. The number of hydrogen-bond donors (Lipinski definition) is 0. The molecule has 1 aromatic carbocycles. The van der Waals surface area contributed by atoms with E-state index >= 15 is 0 Å². The third-order valence-corrected chi connectivity index (χ3v) is 3.61. The first-order valence-electron chi connectivity index (χ1n) is 5.65. The first kappa shape index (κ1) is 14.9. The van der Waals surface area contributed by atoms with E-state index in [9.17, 15) is 10.1 Å². The van der Waals surface area contributed by atoms with Gasteiger partial charge in [0.2, 0.25) is 0 Å². The number of benzene rings is 1. The molecule has 0 aliphatic carbocycles. The second-order valence-electron chi connectivity index (χ2n) is 3.99. The molecule has 0 atom stereocenters. The molecule has 0 amide bonds. The fraction of sp³-hybridized carbons (Fsp3) is 0.154. The number of alkyl halides is 1. The van der Waals surface area contributed by atoms with Crippen LogP contribution in [-0.4, -0.2) is 9.91 Å². The molecule has 0 radical (unpaired) electrons. The van der Waals surface area contributed by atoms with E-state index in [1.807, 2.05) is 6.07 Å². The molecule has 0 aliphatic heterocycles. The predicted molar refractivity (Wildman–Crippen MR) is 82.0 cm³/mol. The Labute approximate surface area is 132 Å². The van der Waals surface area contributed by atoms with E-state index in [0.29, 0.717) is 5.33 Å². The number of ether oxygens (including phenoxy) is 1. The van der Waals surface area contributed by atoms with Gasteiger partial charge in [-0.3, -0.25) is 15.1 Å². The van der Waals surface area contributed by atoms with E-state index in [-0.39, 0.29) is 18.0 Å². The van der Waals surface area contributed by atoms with Crippen molar-refractivity contribution in [2.75, 3.05) is 0 Å². The van der Waals surface area contributed by atoms with Gasteiger partial charge in [0.1, 0.15) is 6.61 Å². The van der Waals surface area contributed by atoms with Crippen LogP contribution in [0.4, 0.5) is 5.69 Å². The predicted octanol–water partition coefficient (Wildman–Crippen LogP) is 4.23. The minimum atomic E-state index is -0.452. The molecule has 0 N–H and O–H groups in total. The molecule has 0 aliphatic rings. The Hall–Kier alpha value is -1.47. The van der Waals surface area contributed by atoms with Crippen molar-refractivity contribution in [3.63, 3.8) is 0 Å². The smallest absolute Gasteiger partial charge is 0.310 e. The summed E-state index contributed by atoms with van der Waals surface area (Å²) in [6, 6.07) is 6.66. The molecular formula is C13H10Br2N2O3. The van der Waals surface area contributed by atoms with Crippen molar-refractivity contribution in [1.29, 1.82) is 0 Å². The highest BCUT2D eigenvalue weighted by Crippen LogP contribution is 2.29. The average molecular weight is 402 g/mol. The summed E-state index contributed by atoms with van der Waals surface area (Å²) >= 11 is 6.63. The fourth-order valence-electron chi connectivity index (χ4n) is 1.60. The monoisotopic (exact) mass is 400 g/mol. The number of rotatable bonds is 5. The maximum atomic E-state index is 11.0. The van der Waals surface area contributed by atoms with E-state index in [2.05, 4.69) is 36.8 Å². The minimum absolute atomic E-state index is 0.0438. The molecule has 20 heavy (non-hydrogen) atoms. The molecule has 2 rings (SSSR count). The molecule has 0 fully saturated rings. The van der Waals surface area contributed by atoms with Crippen LogP contribution in [0.15, 0.2) is 41.1 Å². The largest absolute Gasteiger partial charge is 0.482 e. The van der Waals surface area contributed by atoms with Gasteiger partial charge in [-0.25, -0.2) is 0 Å². The lowest BCUT2D eigenvalue weighted by Crippen LogP contribution is -2.00. The van der Waals surface area contributed by atoms with Crippen LogP contribution in [0.3, 0.4) is 0 Å². The Morgan fingerprint density at radius 2 is 2.05 bits per heavy atom. The van der Waals surface area contributed by atoms with Crippen molar-refractivity contribution in [2.45, 2.75) is 11.9 Å². The van der Waals surface area contributed by atoms with Crippen LogP contribution in [0.1, 0.15) is 11.1 Å². The summed E-state index contributed by atoms with van der Waals surface area (Å²) in [5.41, 5.74) is 1.70. The third kappa shape index (κ3) is 3.77. The van der Waals surface area contributed by atoms with E-state index in [1.54, 1.807) is 24.5 Å². The highest BCUT2D eigenvalue weighted by Gasteiger charge is 2.15. The van der Waals surface area contributed by atoms with Gasteiger partial charge in [-0.05, 0) is 33.6 Å². The number of aromatic nitrogens is 1. The van der Waals surface area contributed by atoms with E-state index in [0.717, 1.165) is 15.6 Å². The summed E-state index contributed by atoms with van der Waals surface area (Å²) in [6.45, 7) is 0.221. The maximum Gasteiger partial charge on any atom is 0.310 e. The molecular weight excluding hydrogens is 392 g/mol. The first-order chi connectivity index (χ1) is 9.60. The minimum Gasteiger partial charge on any atom is -0.482 e. The van der Waals surface area contributed by atoms with E-state index < -0.39 is 4.92 Å². The zero-order valence-electron chi connectivity index (χ0n) is 10.3. The second kappa shape index (κ2) is 6.81. The Bertz CT molecular complexity index is 635. The normalized spacial score (nSPS) is 10.3. The number of pyridine rings is 1. The van der Waals surface area contributed by atoms with Crippen molar-refractivity contribution in [2.24, 2.45) is 0 Å². The number of nitro groups is 1. The summed E-state index contributed by atoms with van der Waals surface area (Å²) in [5, 5.41) is 11.6. The quantitative estimate of drug-likeness (QED) is 0.427. The lowest BCUT2D eigenvalue weighted by Gasteiger charge is -2.08. The highest BCUT2D eigenvalue weighted by atomic mass is 79.9. The van der Waals surface area contributed by atoms with Gasteiger partial charge >= 0.3 is 5.69 Å². The van der Waals surface area contributed by atoms with Crippen LogP contribution in [0, 0.1) is 10.1 Å². The summed E-state index contributed by atoms with van der Waals surface area (Å²) in [6.07, 6.45) is 3.32. The Balaban J connectivity index is 2.21. The van der Waals surface area contributed by atoms with Gasteiger partial charge in [0, 0.05) is 33.8 Å². The zero-order valence-corrected chi connectivity index (χ0v) is 13.4. The van der Waals surface area contributed by atoms with E-state index in [4.69, 9.17) is 4.74 Å². The molecule has 5 nitrogen and oxygen atoms in total. The SMILES string of the molecule is O=[N+]([O-])c1ccc(CBr)cc1OCc1cncc(Br)c1. The molecule has 0 bridgehead atoms. The van der Waals surface area contributed by atoms with Gasteiger partial charge < -0.3 is 4.74 Å². The van der Waals surface area contributed by atoms with Crippen LogP contribution in [0.5, 0.6) is 5.75 Å². The second-order valence-corrected chi connectivity index (χ2v) is 5.47. The average Bonchev–Trinajstić information content (AvgIpc) is 2.44. The number of nitrogens with zero attached hydrogens (tertiary/aromatic N) is 2. The highest BCUT2D eigenvalue weighted by molar-refractivity contribution is 9.10. The molecule has 0 spiro atoms. The Kier molecular flexibility index (Phi) is 5.08. The lowest BCUT2D eigenvalue weighted by atomic mass is 10.2. The summed E-state index contributed by atoms with van der Waals surface area (Å²) in [5.74, 6) is 0.256. The Morgan fingerprint density at radius 3 is 2.70 bits per heavy atom. The molecule has 0 unspecified atom stereocenters. The van der Waals surface area contributed by atoms with Crippen molar-refractivity contribution in [3.8, 4) is 5.75 Å². The van der Waals surface area contributed by atoms with Crippen molar-refractivity contribution < 1.29 is 9.66 Å². The van der Waals surface area contributed by atoms with Crippen molar-refractivity contribution >= 4 is 37.5 Å². The van der Waals surface area contributed by atoms with Gasteiger partial charge in [0.05, 0.1) is 4.92 Å². The molecule has 0 saturated heterocycles. The van der Waals surface area contributed by atoms with Gasteiger partial charge in [-0.15, -0.1) is 0 Å². The zero-order chi connectivity index (χ0) is 14.5. The van der Waals surface area contributed by atoms with Crippen LogP contribution < -0.4 is 4.74 Å². The molecule has 1 heterocycles. The summed E-state index contributed by atoms with van der Waals surface area (Å²) < 4.78 is 6.39. The number of halogens is 2. The molecule has 2 aromatic rings. The van der Waals surface area contributed by atoms with Crippen LogP contribution in [0.25, 0.3) is 0 Å². The van der Waals surface area contributed by atoms with Crippen molar-refractivity contribution in [1.82, 2.24) is 4.98 Å². The summed E-state index contributed by atoms with van der Waals surface area (Å²) in [7, 11) is 0. The Morgan fingerprint density at radius 1 is 1.25 bits per heavy atom. The van der Waals surface area contributed by atoms with Gasteiger partial charge in [0.15, 0.2) is 5.75 Å². The van der Waals surface area contributed by atoms with Crippen LogP contribution in [-0.2, 0) is 11.9 Å². The molecule has 7 heteroatoms. The first-order valence-corrected chi connectivity index (χ1v) is 7.57. The van der Waals surface area contributed by atoms with Gasteiger partial charge in [-0.2, -0.15) is 0 Å². The maximum absolute atomic E-state index is 11.0. The molecule has 104 valence electrons. The van der Waals surface area contributed by atoms with Crippen LogP contribution in [0.2, 0.25) is 0 Å². The molecule has 1 aromatic heterocycles. The number of nitro benzene ring substituents is 1. The lowest BCUT2D eigenvalue weighted by molar-refractivity contribution is -0.386. The topological polar surface area (TPSA) is 65.3 Å². The fourth-order valence-corrected chi connectivity index (χ4v) is 2.37. The molecule has 0 saturated carbocycles.